The molecule has 2 rings (SSSR count). The molecule has 7 heteroatoms. The lowest BCUT2D eigenvalue weighted by atomic mass is 10.1. The molecule has 1 aliphatic rings. The molecule has 0 aromatic carbocycles. The van der Waals surface area contributed by atoms with Gasteiger partial charge in [0.05, 0.1) is 18.4 Å². The molecule has 6 nitrogen and oxygen atoms in total. The predicted molar refractivity (Wildman–Crippen MR) is 85.2 cm³/mol. The smallest absolute Gasteiger partial charge is 0.218 e. The Morgan fingerprint density at radius 3 is 2.86 bits per heavy atom. The average molecular weight is 330 g/mol. The fraction of sp³-hybridized carbons (Fsp3) is 0.733. The average Bonchev–Trinajstić information content (AvgIpc) is 2.90. The van der Waals surface area contributed by atoms with Crippen molar-refractivity contribution in [1.82, 2.24) is 9.21 Å². The van der Waals surface area contributed by atoms with Gasteiger partial charge in [-0.15, -0.1) is 0 Å². The van der Waals surface area contributed by atoms with Gasteiger partial charge in [0.25, 0.3) is 0 Å². The Balaban J connectivity index is 1.97. The maximum atomic E-state index is 12.6. The summed E-state index contributed by atoms with van der Waals surface area (Å²) < 4.78 is 37.2. The minimum absolute atomic E-state index is 0.348. The number of hydrogen-bond donors (Lipinski definition) is 0. The number of ether oxygens (including phenoxy) is 1. The van der Waals surface area contributed by atoms with Crippen LogP contribution in [0.25, 0.3) is 0 Å². The Hall–Kier alpha value is -0.890. The van der Waals surface area contributed by atoms with Crippen molar-refractivity contribution < 1.29 is 17.6 Å². The van der Waals surface area contributed by atoms with Crippen molar-refractivity contribution >= 4 is 10.0 Å². The molecule has 0 aliphatic carbocycles. The van der Waals surface area contributed by atoms with E-state index < -0.39 is 10.0 Å². The number of rotatable bonds is 7. The zero-order valence-electron chi connectivity index (χ0n) is 13.6. The SMILES string of the molecule is COCCN(C)S(=O)(=O)[C@@H]1CCCN(Cc2ccc(C)o2)C1. The van der Waals surface area contributed by atoms with Crippen molar-refractivity contribution in [1.29, 1.82) is 0 Å². The lowest BCUT2D eigenvalue weighted by molar-refractivity contribution is 0.181. The number of nitrogens with zero attached hydrogens (tertiary/aromatic N) is 2. The maximum Gasteiger partial charge on any atom is 0.218 e. The van der Waals surface area contributed by atoms with Gasteiger partial charge in [0, 0.05) is 27.2 Å². The minimum atomic E-state index is -3.27. The van der Waals surface area contributed by atoms with Crippen LogP contribution >= 0.6 is 0 Å². The molecule has 0 saturated carbocycles. The topological polar surface area (TPSA) is 63.0 Å². The van der Waals surface area contributed by atoms with E-state index in [9.17, 15) is 8.42 Å². The third kappa shape index (κ3) is 4.32. The second kappa shape index (κ2) is 7.59. The quantitative estimate of drug-likeness (QED) is 0.757. The van der Waals surface area contributed by atoms with Crippen molar-refractivity contribution in [2.45, 2.75) is 31.6 Å². The molecule has 22 heavy (non-hydrogen) atoms. The Kier molecular flexibility index (Phi) is 6.02. The molecule has 0 radical (unpaired) electrons. The van der Waals surface area contributed by atoms with Crippen LogP contribution in [-0.4, -0.2) is 63.3 Å². The third-order valence-corrected chi connectivity index (χ3v) is 6.38. The number of sulfonamides is 1. The molecule has 0 unspecified atom stereocenters. The highest BCUT2D eigenvalue weighted by atomic mass is 32.2. The Bertz CT molecular complexity index is 570. The summed E-state index contributed by atoms with van der Waals surface area (Å²) in [5, 5.41) is -0.348. The first-order valence-electron chi connectivity index (χ1n) is 7.65. The van der Waals surface area contributed by atoms with E-state index in [4.69, 9.17) is 9.15 Å². The van der Waals surface area contributed by atoms with Crippen molar-refractivity contribution in [3.63, 3.8) is 0 Å². The van der Waals surface area contributed by atoms with Crippen LogP contribution in [0.3, 0.4) is 0 Å². The number of piperidine rings is 1. The predicted octanol–water partition coefficient (Wildman–Crippen LogP) is 1.46. The van der Waals surface area contributed by atoms with Gasteiger partial charge in [-0.25, -0.2) is 12.7 Å². The van der Waals surface area contributed by atoms with Crippen LogP contribution in [0.4, 0.5) is 0 Å². The summed E-state index contributed by atoms with van der Waals surface area (Å²) >= 11 is 0. The molecule has 0 N–H and O–H groups in total. The Morgan fingerprint density at radius 2 is 2.23 bits per heavy atom. The monoisotopic (exact) mass is 330 g/mol. The van der Waals surface area contributed by atoms with Gasteiger partial charge in [0.15, 0.2) is 0 Å². The summed E-state index contributed by atoms with van der Waals surface area (Å²) in [4.78, 5) is 2.16. The van der Waals surface area contributed by atoms with E-state index in [-0.39, 0.29) is 5.25 Å². The van der Waals surface area contributed by atoms with E-state index in [0.29, 0.717) is 32.7 Å². The standard InChI is InChI=1S/C15H26N2O4S/c1-13-6-7-14(21-13)11-17-8-4-5-15(12-17)22(18,19)16(2)9-10-20-3/h6-7,15H,4-5,8-12H2,1-3H3/t15-/m1/s1. The van der Waals surface area contributed by atoms with Crippen LogP contribution in [-0.2, 0) is 21.3 Å². The maximum absolute atomic E-state index is 12.6. The first kappa shape index (κ1) is 17.5. The largest absolute Gasteiger partial charge is 0.465 e. The summed E-state index contributed by atoms with van der Waals surface area (Å²) in [6.45, 7) is 4.86. The third-order valence-electron chi connectivity index (χ3n) is 4.10. The van der Waals surface area contributed by atoms with Crippen LogP contribution < -0.4 is 0 Å². The second-order valence-electron chi connectivity index (χ2n) is 5.87. The van der Waals surface area contributed by atoms with Gasteiger partial charge in [-0.05, 0) is 38.4 Å². The molecule has 1 saturated heterocycles. The molecule has 1 fully saturated rings. The summed E-state index contributed by atoms with van der Waals surface area (Å²) in [6, 6.07) is 3.89. The van der Waals surface area contributed by atoms with Crippen molar-refractivity contribution in [2.75, 3.05) is 40.4 Å². The molecule has 1 aromatic rings. The highest BCUT2D eigenvalue weighted by Crippen LogP contribution is 2.21. The Labute approximate surface area is 133 Å². The van der Waals surface area contributed by atoms with Crippen LogP contribution in [0, 0.1) is 6.92 Å². The molecule has 1 atom stereocenters. The first-order chi connectivity index (χ1) is 10.4. The molecular formula is C15H26N2O4S. The highest BCUT2D eigenvalue weighted by Gasteiger charge is 2.33. The number of methoxy groups -OCH3 is 1. The van der Waals surface area contributed by atoms with Gasteiger partial charge in [-0.1, -0.05) is 0 Å². The molecule has 1 aliphatic heterocycles. The van der Waals surface area contributed by atoms with E-state index in [1.54, 1.807) is 14.2 Å². The second-order valence-corrected chi connectivity index (χ2v) is 8.19. The summed E-state index contributed by atoms with van der Waals surface area (Å²) in [5.41, 5.74) is 0. The van der Waals surface area contributed by atoms with Crippen molar-refractivity contribution in [3.8, 4) is 0 Å². The van der Waals surface area contributed by atoms with Crippen LogP contribution in [0.15, 0.2) is 16.5 Å². The number of likely N-dealkylation sites (tertiary alicyclic amines) is 1. The van der Waals surface area contributed by atoms with Gasteiger partial charge in [-0.2, -0.15) is 0 Å². The van der Waals surface area contributed by atoms with Gasteiger partial charge >= 0.3 is 0 Å². The molecule has 0 bridgehead atoms. The van der Waals surface area contributed by atoms with Gasteiger partial charge in [-0.3, -0.25) is 4.90 Å². The summed E-state index contributed by atoms with van der Waals surface area (Å²) in [6.07, 6.45) is 1.61. The van der Waals surface area contributed by atoms with Crippen LogP contribution in [0.5, 0.6) is 0 Å². The minimum Gasteiger partial charge on any atom is -0.465 e. The fourth-order valence-corrected chi connectivity index (χ4v) is 4.49. The van der Waals surface area contributed by atoms with E-state index in [1.807, 2.05) is 19.1 Å². The Morgan fingerprint density at radius 1 is 1.45 bits per heavy atom. The zero-order chi connectivity index (χ0) is 16.2. The number of hydrogen-bond acceptors (Lipinski definition) is 5. The first-order valence-corrected chi connectivity index (χ1v) is 9.15. The lowest BCUT2D eigenvalue weighted by Crippen LogP contribution is -2.47. The number of aryl methyl sites for hydroxylation is 1. The molecule has 0 amide bonds. The van der Waals surface area contributed by atoms with Gasteiger partial charge in [0.2, 0.25) is 10.0 Å². The van der Waals surface area contributed by atoms with Crippen LogP contribution in [0.2, 0.25) is 0 Å². The molecule has 0 spiro atoms. The van der Waals surface area contributed by atoms with E-state index in [0.717, 1.165) is 24.5 Å². The molecule has 2 heterocycles. The normalized spacial score (nSPS) is 20.6. The van der Waals surface area contributed by atoms with E-state index in [1.165, 1.54) is 4.31 Å². The van der Waals surface area contributed by atoms with Crippen molar-refractivity contribution in [2.24, 2.45) is 0 Å². The number of likely N-dealkylation sites (N-methyl/N-ethyl adjacent to an activating group) is 1. The van der Waals surface area contributed by atoms with Gasteiger partial charge < -0.3 is 9.15 Å². The molecular weight excluding hydrogens is 304 g/mol. The highest BCUT2D eigenvalue weighted by molar-refractivity contribution is 7.89. The summed E-state index contributed by atoms with van der Waals surface area (Å²) in [7, 11) is -0.0675. The lowest BCUT2D eigenvalue weighted by Gasteiger charge is -2.33. The van der Waals surface area contributed by atoms with E-state index in [2.05, 4.69) is 4.90 Å². The van der Waals surface area contributed by atoms with Crippen LogP contribution in [0.1, 0.15) is 24.4 Å². The molecule has 126 valence electrons. The van der Waals surface area contributed by atoms with E-state index >= 15 is 0 Å². The van der Waals surface area contributed by atoms with Crippen molar-refractivity contribution in [3.05, 3.63) is 23.7 Å². The summed E-state index contributed by atoms with van der Waals surface area (Å²) in [5.74, 6) is 1.78. The molecule has 1 aromatic heterocycles. The number of furan rings is 1. The fourth-order valence-electron chi connectivity index (χ4n) is 2.79. The van der Waals surface area contributed by atoms with Gasteiger partial charge in [0.1, 0.15) is 11.5 Å². The zero-order valence-corrected chi connectivity index (χ0v) is 14.4.